The van der Waals surface area contributed by atoms with Crippen molar-refractivity contribution in [2.45, 2.75) is 38.4 Å². The summed E-state index contributed by atoms with van der Waals surface area (Å²) in [5.74, 6) is 6.07. The Hall–Kier alpha value is -1.13. The zero-order valence-corrected chi connectivity index (χ0v) is 8.78. The fourth-order valence-corrected chi connectivity index (χ4v) is 1.95. The van der Waals surface area contributed by atoms with E-state index in [0.717, 1.165) is 5.56 Å². The highest BCUT2D eigenvalue weighted by Gasteiger charge is 2.15. The lowest BCUT2D eigenvalue weighted by molar-refractivity contribution is 0.0458. The molecule has 82 valence electrons. The van der Waals surface area contributed by atoms with Gasteiger partial charge in [0.2, 0.25) is 0 Å². The van der Waals surface area contributed by atoms with Crippen molar-refractivity contribution in [1.82, 2.24) is 4.98 Å². The number of nitrogens with one attached hydrogen (secondary N) is 1. The summed E-state index contributed by atoms with van der Waals surface area (Å²) >= 11 is 0. The molecular weight excluding hydrogens is 190 g/mol. The molecule has 1 saturated carbocycles. The molecule has 0 saturated heterocycles. The largest absolute Gasteiger partial charge is 0.373 e. The Kier molecular flexibility index (Phi) is 3.53. The second-order valence-electron chi connectivity index (χ2n) is 3.87. The molecule has 3 N–H and O–H groups in total. The molecule has 1 heterocycles. The number of nitrogens with two attached hydrogens (primary N) is 1. The van der Waals surface area contributed by atoms with Crippen molar-refractivity contribution < 1.29 is 4.74 Å². The molecule has 0 spiro atoms. The second-order valence-corrected chi connectivity index (χ2v) is 3.87. The fraction of sp³-hybridized carbons (Fsp3) is 0.545. The number of rotatable bonds is 4. The molecule has 1 aromatic rings. The van der Waals surface area contributed by atoms with Crippen molar-refractivity contribution in [3.8, 4) is 0 Å². The number of aromatic nitrogens is 1. The van der Waals surface area contributed by atoms with Gasteiger partial charge in [0, 0.05) is 11.8 Å². The molecule has 4 nitrogen and oxygen atoms in total. The molecule has 0 radical (unpaired) electrons. The average molecular weight is 207 g/mol. The van der Waals surface area contributed by atoms with Crippen LogP contribution in [0.4, 0.5) is 5.82 Å². The molecule has 0 aliphatic heterocycles. The molecule has 15 heavy (non-hydrogen) atoms. The molecule has 1 aliphatic rings. The zero-order valence-electron chi connectivity index (χ0n) is 8.78. The lowest BCUT2D eigenvalue weighted by atomic mass is 10.2. The van der Waals surface area contributed by atoms with Crippen LogP contribution in [0.3, 0.4) is 0 Å². The number of hydrogen-bond donors (Lipinski definition) is 2. The van der Waals surface area contributed by atoms with E-state index >= 15 is 0 Å². The van der Waals surface area contributed by atoms with Gasteiger partial charge in [0.1, 0.15) is 5.82 Å². The predicted octanol–water partition coefficient (Wildman–Crippen LogP) is 1.83. The maximum Gasteiger partial charge on any atom is 0.145 e. The van der Waals surface area contributed by atoms with E-state index < -0.39 is 0 Å². The lowest BCUT2D eigenvalue weighted by Crippen LogP contribution is -2.13. The predicted molar refractivity (Wildman–Crippen MR) is 59.1 cm³/mol. The summed E-state index contributed by atoms with van der Waals surface area (Å²) in [6.45, 7) is 0.595. The topological polar surface area (TPSA) is 60.2 Å². The van der Waals surface area contributed by atoms with Gasteiger partial charge in [-0.1, -0.05) is 18.9 Å². The molecule has 0 atom stereocenters. The Balaban J connectivity index is 1.91. The number of hydrogen-bond acceptors (Lipinski definition) is 4. The summed E-state index contributed by atoms with van der Waals surface area (Å²) in [6.07, 6.45) is 7.10. The van der Waals surface area contributed by atoms with Crippen molar-refractivity contribution in [3.63, 3.8) is 0 Å². The Morgan fingerprint density at radius 2 is 2.27 bits per heavy atom. The number of nitrogens with zero attached hydrogens (tertiary/aromatic N) is 1. The minimum absolute atomic E-state index is 0.427. The molecule has 1 fully saturated rings. The van der Waals surface area contributed by atoms with E-state index in [1.54, 1.807) is 6.20 Å². The molecule has 2 rings (SSSR count). The Morgan fingerprint density at radius 3 is 3.00 bits per heavy atom. The minimum atomic E-state index is 0.427. The van der Waals surface area contributed by atoms with Gasteiger partial charge in [0.25, 0.3) is 0 Å². The van der Waals surface area contributed by atoms with Crippen molar-refractivity contribution >= 4 is 5.82 Å². The van der Waals surface area contributed by atoms with E-state index in [9.17, 15) is 0 Å². The third-order valence-electron chi connectivity index (χ3n) is 2.80. The first-order valence-electron chi connectivity index (χ1n) is 5.42. The number of hydrazine groups is 1. The Morgan fingerprint density at radius 1 is 1.47 bits per heavy atom. The smallest absolute Gasteiger partial charge is 0.145 e. The second kappa shape index (κ2) is 5.09. The summed E-state index contributed by atoms with van der Waals surface area (Å²) in [6, 6.07) is 3.88. The van der Waals surface area contributed by atoms with E-state index in [2.05, 4.69) is 10.4 Å². The fourth-order valence-electron chi connectivity index (χ4n) is 1.95. The summed E-state index contributed by atoms with van der Waals surface area (Å²) in [5, 5.41) is 0. The van der Waals surface area contributed by atoms with Crippen LogP contribution >= 0.6 is 0 Å². The van der Waals surface area contributed by atoms with Gasteiger partial charge in [-0.2, -0.15) is 0 Å². The van der Waals surface area contributed by atoms with Crippen molar-refractivity contribution in [3.05, 3.63) is 23.9 Å². The molecule has 1 aliphatic carbocycles. The van der Waals surface area contributed by atoms with Crippen molar-refractivity contribution in [1.29, 1.82) is 0 Å². The average Bonchev–Trinajstić information content (AvgIpc) is 2.79. The zero-order chi connectivity index (χ0) is 10.5. The number of nitrogen functional groups attached to an aromatic ring is 1. The van der Waals surface area contributed by atoms with Crippen molar-refractivity contribution in [2.24, 2.45) is 5.84 Å². The number of pyridine rings is 1. The van der Waals surface area contributed by atoms with Crippen LogP contribution in [0.15, 0.2) is 18.3 Å². The molecule has 1 aromatic heterocycles. The minimum Gasteiger partial charge on any atom is -0.373 e. The van der Waals surface area contributed by atoms with Crippen LogP contribution in [0.5, 0.6) is 0 Å². The van der Waals surface area contributed by atoms with Gasteiger partial charge >= 0.3 is 0 Å². The van der Waals surface area contributed by atoms with Crippen LogP contribution in [0.1, 0.15) is 31.2 Å². The maximum atomic E-state index is 5.80. The van der Waals surface area contributed by atoms with Gasteiger partial charge in [-0.3, -0.25) is 0 Å². The highest BCUT2D eigenvalue weighted by atomic mass is 16.5. The number of ether oxygens (including phenoxy) is 1. The standard InChI is InChI=1S/C11H17N3O/c12-14-11-9(4-3-7-13-11)8-15-10-5-1-2-6-10/h3-4,7,10H,1-2,5-6,8,12H2,(H,13,14). The molecule has 0 unspecified atom stereocenters. The van der Waals surface area contributed by atoms with E-state index in [1.807, 2.05) is 12.1 Å². The highest BCUT2D eigenvalue weighted by Crippen LogP contribution is 2.23. The van der Waals surface area contributed by atoms with E-state index in [4.69, 9.17) is 10.6 Å². The first-order chi connectivity index (χ1) is 7.40. The molecule has 0 aromatic carbocycles. The summed E-state index contributed by atoms with van der Waals surface area (Å²) in [7, 11) is 0. The third kappa shape index (κ3) is 2.67. The molecule has 0 amide bonds. The normalized spacial score (nSPS) is 16.9. The van der Waals surface area contributed by atoms with Crippen LogP contribution < -0.4 is 11.3 Å². The maximum absolute atomic E-state index is 5.80. The Bertz CT molecular complexity index is 310. The van der Waals surface area contributed by atoms with Gasteiger partial charge < -0.3 is 10.2 Å². The number of anilines is 1. The van der Waals surface area contributed by atoms with Crippen molar-refractivity contribution in [2.75, 3.05) is 5.43 Å². The van der Waals surface area contributed by atoms with Crippen LogP contribution in [-0.4, -0.2) is 11.1 Å². The van der Waals surface area contributed by atoms with Crippen LogP contribution in [0.25, 0.3) is 0 Å². The van der Waals surface area contributed by atoms with Gasteiger partial charge in [-0.15, -0.1) is 0 Å². The summed E-state index contributed by atoms with van der Waals surface area (Å²) in [5.41, 5.74) is 3.60. The third-order valence-corrected chi connectivity index (χ3v) is 2.80. The van der Waals surface area contributed by atoms with Gasteiger partial charge in [0.15, 0.2) is 0 Å². The molecule has 0 bridgehead atoms. The van der Waals surface area contributed by atoms with E-state index in [-0.39, 0.29) is 0 Å². The quantitative estimate of drug-likeness (QED) is 0.584. The Labute approximate surface area is 89.8 Å². The first-order valence-corrected chi connectivity index (χ1v) is 5.42. The summed E-state index contributed by atoms with van der Waals surface area (Å²) < 4.78 is 5.80. The van der Waals surface area contributed by atoms with Gasteiger partial charge in [-0.25, -0.2) is 10.8 Å². The SMILES string of the molecule is NNc1ncccc1COC1CCCC1. The molecular formula is C11H17N3O. The first kappa shape index (κ1) is 10.4. The lowest BCUT2D eigenvalue weighted by Gasteiger charge is -2.12. The highest BCUT2D eigenvalue weighted by molar-refractivity contribution is 5.41. The molecule has 4 heteroatoms. The van der Waals surface area contributed by atoms with Crippen LogP contribution in [0, 0.1) is 0 Å². The van der Waals surface area contributed by atoms with Gasteiger partial charge in [0.05, 0.1) is 12.7 Å². The van der Waals surface area contributed by atoms with Gasteiger partial charge in [-0.05, 0) is 18.9 Å². The summed E-state index contributed by atoms with van der Waals surface area (Å²) in [4.78, 5) is 4.13. The van der Waals surface area contributed by atoms with Crippen LogP contribution in [-0.2, 0) is 11.3 Å². The van der Waals surface area contributed by atoms with E-state index in [1.165, 1.54) is 25.7 Å². The monoisotopic (exact) mass is 207 g/mol. The van der Waals surface area contributed by atoms with Crippen LogP contribution in [0.2, 0.25) is 0 Å². The van der Waals surface area contributed by atoms with E-state index in [0.29, 0.717) is 18.5 Å².